The number of phenols is 2. The number of nitrogens with one attached hydrogen (secondary N) is 1. The molecule has 5 nitrogen and oxygen atoms in total. The van der Waals surface area contributed by atoms with Crippen molar-refractivity contribution < 1.29 is 19.7 Å². The number of carbonyl (C=O) groups is 1. The predicted octanol–water partition coefficient (Wildman–Crippen LogP) is 5.17. The zero-order chi connectivity index (χ0) is 20.1. The van der Waals surface area contributed by atoms with E-state index >= 15 is 0 Å². The molecule has 0 heterocycles. The van der Waals surface area contributed by atoms with E-state index in [1.807, 2.05) is 36.4 Å². The van der Waals surface area contributed by atoms with E-state index in [0.717, 1.165) is 11.1 Å². The molecule has 0 unspecified atom stereocenters. The highest BCUT2D eigenvalue weighted by Gasteiger charge is 2.23. The van der Waals surface area contributed by atoms with Crippen molar-refractivity contribution >= 4 is 11.8 Å². The Hall–Kier alpha value is -3.47. The maximum Gasteiger partial charge on any atom is 0.411 e. The van der Waals surface area contributed by atoms with Gasteiger partial charge in [0.15, 0.2) is 0 Å². The Labute approximate surface area is 164 Å². The first kappa shape index (κ1) is 19.3. The second-order valence-electron chi connectivity index (χ2n) is 7.12. The number of carbonyl (C=O) groups excluding carboxylic acids is 1. The lowest BCUT2D eigenvalue weighted by molar-refractivity contribution is 0.155. The van der Waals surface area contributed by atoms with Crippen molar-refractivity contribution in [2.75, 3.05) is 5.32 Å². The van der Waals surface area contributed by atoms with Crippen LogP contribution in [0.4, 0.5) is 10.5 Å². The van der Waals surface area contributed by atoms with Crippen molar-refractivity contribution in [3.63, 3.8) is 0 Å². The monoisotopic (exact) mass is 377 g/mol. The molecule has 3 rings (SSSR count). The van der Waals surface area contributed by atoms with E-state index < -0.39 is 6.09 Å². The van der Waals surface area contributed by atoms with Gasteiger partial charge in [0.2, 0.25) is 0 Å². The van der Waals surface area contributed by atoms with Gasteiger partial charge in [-0.15, -0.1) is 0 Å². The summed E-state index contributed by atoms with van der Waals surface area (Å²) in [6.45, 7) is 4.28. The molecule has 3 N–H and O–H groups in total. The van der Waals surface area contributed by atoms with Crippen LogP contribution in [-0.4, -0.2) is 16.3 Å². The van der Waals surface area contributed by atoms with E-state index in [1.54, 1.807) is 36.4 Å². The second-order valence-corrected chi connectivity index (χ2v) is 7.12. The highest BCUT2D eigenvalue weighted by molar-refractivity contribution is 5.84. The number of rotatable bonds is 5. The predicted molar refractivity (Wildman–Crippen MR) is 109 cm³/mol. The number of hydrogen-bond donors (Lipinski definition) is 3. The number of anilines is 1. The highest BCUT2D eigenvalue weighted by Crippen LogP contribution is 2.32. The number of benzene rings is 3. The first-order valence-electron chi connectivity index (χ1n) is 8.96. The lowest BCUT2D eigenvalue weighted by Crippen LogP contribution is -2.19. The zero-order valence-electron chi connectivity index (χ0n) is 15.8. The van der Waals surface area contributed by atoms with Crippen LogP contribution in [-0.2, 0) is 16.8 Å². The van der Waals surface area contributed by atoms with Gasteiger partial charge >= 0.3 is 6.09 Å². The summed E-state index contributed by atoms with van der Waals surface area (Å²) in [5, 5.41) is 21.6. The van der Waals surface area contributed by atoms with Gasteiger partial charge in [0.1, 0.15) is 18.1 Å². The highest BCUT2D eigenvalue weighted by atomic mass is 16.5. The third-order valence-electron chi connectivity index (χ3n) is 4.72. The summed E-state index contributed by atoms with van der Waals surface area (Å²) in [6.07, 6.45) is -0.561. The fourth-order valence-electron chi connectivity index (χ4n) is 2.96. The zero-order valence-corrected chi connectivity index (χ0v) is 15.8. The quantitative estimate of drug-likeness (QED) is 0.573. The topological polar surface area (TPSA) is 78.8 Å². The number of hydrogen-bond acceptors (Lipinski definition) is 4. The van der Waals surface area contributed by atoms with Crippen molar-refractivity contribution in [2.45, 2.75) is 25.9 Å². The minimum absolute atomic E-state index is 0.0756. The molecule has 0 fully saturated rings. The summed E-state index contributed by atoms with van der Waals surface area (Å²) < 4.78 is 5.18. The van der Waals surface area contributed by atoms with Crippen molar-refractivity contribution in [2.24, 2.45) is 0 Å². The molecule has 0 saturated heterocycles. The fraction of sp³-hybridized carbons (Fsp3) is 0.174. The summed E-state index contributed by atoms with van der Waals surface area (Å²) in [4.78, 5) is 12.0. The first-order chi connectivity index (χ1) is 13.3. The molecule has 0 atom stereocenters. The molecule has 0 aliphatic rings. The van der Waals surface area contributed by atoms with Crippen LogP contribution in [0.2, 0.25) is 0 Å². The van der Waals surface area contributed by atoms with Gasteiger partial charge in [-0.2, -0.15) is 0 Å². The molecule has 5 heteroatoms. The molecule has 0 radical (unpaired) electrons. The molecule has 0 aromatic heterocycles. The molecule has 0 saturated carbocycles. The lowest BCUT2D eigenvalue weighted by Gasteiger charge is -2.26. The first-order valence-corrected chi connectivity index (χ1v) is 8.96. The molecule has 3 aromatic rings. The Morgan fingerprint density at radius 1 is 0.893 bits per heavy atom. The van der Waals surface area contributed by atoms with Gasteiger partial charge in [-0.05, 0) is 53.1 Å². The van der Waals surface area contributed by atoms with E-state index in [-0.39, 0.29) is 23.5 Å². The second kappa shape index (κ2) is 8.05. The van der Waals surface area contributed by atoms with Crippen LogP contribution in [0.5, 0.6) is 11.5 Å². The molecular formula is C23H23NO4. The minimum atomic E-state index is -0.561. The Kier molecular flexibility index (Phi) is 5.54. The Bertz CT molecular complexity index is 947. The van der Waals surface area contributed by atoms with Crippen molar-refractivity contribution in [1.29, 1.82) is 0 Å². The van der Waals surface area contributed by atoms with Gasteiger partial charge in [0.05, 0.1) is 0 Å². The van der Waals surface area contributed by atoms with E-state index in [9.17, 15) is 15.0 Å². The standard InChI is InChI=1S/C23H23NO4/c1-23(2,18-8-12-20(25)13-9-18)17-6-10-19(11-7-17)24-22(27)28-15-16-4-3-5-21(26)14-16/h3-14,25-26H,15H2,1-2H3,(H,24,27). The third-order valence-corrected chi connectivity index (χ3v) is 4.72. The number of phenolic OH excluding ortho intramolecular Hbond substituents is 2. The van der Waals surface area contributed by atoms with Crippen LogP contribution in [0.1, 0.15) is 30.5 Å². The van der Waals surface area contributed by atoms with Gasteiger partial charge in [-0.3, -0.25) is 5.32 Å². The fourth-order valence-corrected chi connectivity index (χ4v) is 2.96. The number of amides is 1. The van der Waals surface area contributed by atoms with Gasteiger partial charge < -0.3 is 14.9 Å². The summed E-state index contributed by atoms with van der Waals surface area (Å²) in [6, 6.07) is 21.3. The van der Waals surface area contributed by atoms with Gasteiger partial charge in [0.25, 0.3) is 0 Å². The maximum absolute atomic E-state index is 12.0. The van der Waals surface area contributed by atoms with E-state index in [0.29, 0.717) is 11.3 Å². The molecule has 3 aromatic carbocycles. The summed E-state index contributed by atoms with van der Waals surface area (Å²) >= 11 is 0. The molecule has 0 aliphatic heterocycles. The average molecular weight is 377 g/mol. The van der Waals surface area contributed by atoms with E-state index in [4.69, 9.17) is 4.74 Å². The van der Waals surface area contributed by atoms with Crippen LogP contribution in [0.25, 0.3) is 0 Å². The summed E-state index contributed by atoms with van der Waals surface area (Å²) in [5.41, 5.74) is 3.25. The third kappa shape index (κ3) is 4.62. The molecule has 0 spiro atoms. The summed E-state index contributed by atoms with van der Waals surface area (Å²) in [5.74, 6) is 0.372. The van der Waals surface area contributed by atoms with Crippen LogP contribution in [0.3, 0.4) is 0 Å². The largest absolute Gasteiger partial charge is 0.508 e. The van der Waals surface area contributed by atoms with Crippen LogP contribution >= 0.6 is 0 Å². The number of aromatic hydroxyl groups is 2. The smallest absolute Gasteiger partial charge is 0.411 e. The van der Waals surface area contributed by atoms with E-state index in [1.165, 1.54) is 0 Å². The maximum atomic E-state index is 12.0. The van der Waals surface area contributed by atoms with Crippen LogP contribution in [0.15, 0.2) is 72.8 Å². The number of ether oxygens (including phenoxy) is 1. The Morgan fingerprint density at radius 3 is 2.11 bits per heavy atom. The van der Waals surface area contributed by atoms with Crippen molar-refractivity contribution in [3.05, 3.63) is 89.5 Å². The molecule has 0 aliphatic carbocycles. The Morgan fingerprint density at radius 2 is 1.50 bits per heavy atom. The minimum Gasteiger partial charge on any atom is -0.508 e. The van der Waals surface area contributed by atoms with Gasteiger partial charge in [-0.25, -0.2) is 4.79 Å². The SMILES string of the molecule is CC(C)(c1ccc(O)cc1)c1ccc(NC(=O)OCc2cccc(O)c2)cc1. The van der Waals surface area contributed by atoms with Crippen LogP contribution < -0.4 is 5.32 Å². The lowest BCUT2D eigenvalue weighted by atomic mass is 9.78. The molecule has 144 valence electrons. The van der Waals surface area contributed by atoms with Gasteiger partial charge in [-0.1, -0.05) is 50.2 Å². The normalized spacial score (nSPS) is 11.1. The molecule has 1 amide bonds. The molecular weight excluding hydrogens is 354 g/mol. The van der Waals surface area contributed by atoms with Crippen molar-refractivity contribution in [3.8, 4) is 11.5 Å². The van der Waals surface area contributed by atoms with Crippen molar-refractivity contribution in [1.82, 2.24) is 0 Å². The van der Waals surface area contributed by atoms with Crippen LogP contribution in [0, 0.1) is 0 Å². The molecule has 28 heavy (non-hydrogen) atoms. The van der Waals surface area contributed by atoms with Gasteiger partial charge in [0, 0.05) is 11.1 Å². The average Bonchev–Trinajstić information content (AvgIpc) is 2.67. The molecule has 0 bridgehead atoms. The summed E-state index contributed by atoms with van der Waals surface area (Å²) in [7, 11) is 0. The Balaban J connectivity index is 1.62. The van der Waals surface area contributed by atoms with E-state index in [2.05, 4.69) is 19.2 Å².